The zero-order chi connectivity index (χ0) is 14.4. The van der Waals surface area contributed by atoms with Gasteiger partial charge in [-0.3, -0.25) is 14.4 Å². The molecule has 0 unspecified atom stereocenters. The lowest BCUT2D eigenvalue weighted by molar-refractivity contribution is -0.140. The van der Waals surface area contributed by atoms with Crippen molar-refractivity contribution in [3.05, 3.63) is 27.1 Å². The highest BCUT2D eigenvalue weighted by Gasteiger charge is 2.65. The summed E-state index contributed by atoms with van der Waals surface area (Å²) in [5.74, 6) is -2.77. The molecule has 2 atom stereocenters. The van der Waals surface area contributed by atoms with Gasteiger partial charge in [-0.05, 0) is 21.3 Å². The summed E-state index contributed by atoms with van der Waals surface area (Å²) in [5, 5.41) is 11.5. The number of halogens is 1. The summed E-state index contributed by atoms with van der Waals surface area (Å²) in [7, 11) is 0. The average Bonchev–Trinajstić information content (AvgIpc) is 2.88. The Morgan fingerprint density at radius 3 is 2.53 bits per heavy atom. The lowest BCUT2D eigenvalue weighted by Gasteiger charge is -2.05. The minimum absolute atomic E-state index is 0.103. The minimum atomic E-state index is -0.992. The molecule has 1 saturated carbocycles. The molecule has 1 aliphatic carbocycles. The predicted molar refractivity (Wildman–Crippen MR) is 71.8 cm³/mol. The van der Waals surface area contributed by atoms with Gasteiger partial charge in [0.05, 0.1) is 16.3 Å². The number of aromatic amines is 1. The van der Waals surface area contributed by atoms with Gasteiger partial charge >= 0.3 is 5.97 Å². The summed E-state index contributed by atoms with van der Waals surface area (Å²) >= 11 is 3.06. The highest BCUT2D eigenvalue weighted by atomic mass is 79.9. The molecule has 0 saturated heterocycles. The van der Waals surface area contributed by atoms with Gasteiger partial charge in [-0.15, -0.1) is 0 Å². The normalized spacial score (nSPS) is 23.7. The SMILES string of the molecule is CC1(C)[C@H](C(=O)O)[C@@H]1C(=O)Nc1c[nH]cc(Br)c1=O. The van der Waals surface area contributed by atoms with Crippen LogP contribution in [0.3, 0.4) is 0 Å². The van der Waals surface area contributed by atoms with Crippen LogP contribution in [0.25, 0.3) is 0 Å². The average molecular weight is 329 g/mol. The summed E-state index contributed by atoms with van der Waals surface area (Å²) in [5.41, 5.74) is -0.835. The van der Waals surface area contributed by atoms with E-state index in [1.807, 2.05) is 0 Å². The minimum Gasteiger partial charge on any atom is -0.481 e. The van der Waals surface area contributed by atoms with Crippen LogP contribution in [0.4, 0.5) is 5.69 Å². The first-order valence-electron chi connectivity index (χ1n) is 5.67. The van der Waals surface area contributed by atoms with Crippen LogP contribution in [-0.2, 0) is 9.59 Å². The number of aliphatic carboxylic acids is 1. The van der Waals surface area contributed by atoms with E-state index in [-0.39, 0.29) is 11.1 Å². The van der Waals surface area contributed by atoms with E-state index in [1.54, 1.807) is 13.8 Å². The molecular formula is C12H13BrN2O4. The summed E-state index contributed by atoms with van der Waals surface area (Å²) in [6.07, 6.45) is 2.83. The van der Waals surface area contributed by atoms with Crippen LogP contribution in [0, 0.1) is 17.3 Å². The van der Waals surface area contributed by atoms with E-state index in [0.29, 0.717) is 4.47 Å². The molecule has 1 heterocycles. The van der Waals surface area contributed by atoms with Crippen molar-refractivity contribution in [3.8, 4) is 0 Å². The van der Waals surface area contributed by atoms with Gasteiger partial charge in [0.15, 0.2) is 0 Å². The van der Waals surface area contributed by atoms with Crippen LogP contribution in [0.2, 0.25) is 0 Å². The first-order valence-corrected chi connectivity index (χ1v) is 6.46. The second kappa shape index (κ2) is 4.48. The summed E-state index contributed by atoms with van der Waals surface area (Å²) in [6.45, 7) is 3.45. The fourth-order valence-electron chi connectivity index (χ4n) is 2.35. The molecule has 0 bridgehead atoms. The third-order valence-electron chi connectivity index (χ3n) is 3.53. The first-order chi connectivity index (χ1) is 8.76. The number of rotatable bonds is 3. The van der Waals surface area contributed by atoms with Gasteiger partial charge in [-0.2, -0.15) is 0 Å². The van der Waals surface area contributed by atoms with Gasteiger partial charge in [-0.1, -0.05) is 13.8 Å². The number of amides is 1. The Kier molecular flexibility index (Phi) is 3.25. The molecule has 7 heteroatoms. The van der Waals surface area contributed by atoms with Crippen molar-refractivity contribution in [1.29, 1.82) is 0 Å². The van der Waals surface area contributed by atoms with E-state index in [2.05, 4.69) is 26.2 Å². The zero-order valence-corrected chi connectivity index (χ0v) is 11.9. The fourth-order valence-corrected chi connectivity index (χ4v) is 2.69. The van der Waals surface area contributed by atoms with Gasteiger partial charge in [0, 0.05) is 12.4 Å². The van der Waals surface area contributed by atoms with Gasteiger partial charge in [0.2, 0.25) is 11.3 Å². The molecule has 0 aliphatic heterocycles. The maximum Gasteiger partial charge on any atom is 0.307 e. The van der Waals surface area contributed by atoms with E-state index in [4.69, 9.17) is 5.11 Å². The number of carbonyl (C=O) groups is 2. The predicted octanol–water partition coefficient (Wildman–Crippen LogP) is 1.43. The van der Waals surface area contributed by atoms with Crippen molar-refractivity contribution in [3.63, 3.8) is 0 Å². The molecule has 1 amide bonds. The van der Waals surface area contributed by atoms with E-state index < -0.39 is 29.1 Å². The maximum atomic E-state index is 12.0. The number of anilines is 1. The number of pyridine rings is 1. The van der Waals surface area contributed by atoms with E-state index in [0.717, 1.165) is 0 Å². The van der Waals surface area contributed by atoms with Crippen LogP contribution >= 0.6 is 15.9 Å². The van der Waals surface area contributed by atoms with E-state index in [9.17, 15) is 14.4 Å². The first kappa shape index (κ1) is 13.8. The molecular weight excluding hydrogens is 316 g/mol. The molecule has 0 aromatic carbocycles. The zero-order valence-electron chi connectivity index (χ0n) is 10.4. The van der Waals surface area contributed by atoms with E-state index >= 15 is 0 Å². The summed E-state index contributed by atoms with van der Waals surface area (Å²) in [6, 6.07) is 0. The van der Waals surface area contributed by atoms with Crippen LogP contribution in [0.1, 0.15) is 13.8 Å². The topological polar surface area (TPSA) is 99.3 Å². The number of carboxylic acid groups (broad SMARTS) is 1. The van der Waals surface area contributed by atoms with Gasteiger partial charge < -0.3 is 15.4 Å². The van der Waals surface area contributed by atoms with Crippen molar-refractivity contribution in [2.45, 2.75) is 13.8 Å². The molecule has 3 N–H and O–H groups in total. The maximum absolute atomic E-state index is 12.0. The van der Waals surface area contributed by atoms with Crippen molar-refractivity contribution < 1.29 is 14.7 Å². The quantitative estimate of drug-likeness (QED) is 0.781. The van der Waals surface area contributed by atoms with Crippen LogP contribution in [0.5, 0.6) is 0 Å². The molecule has 1 aliphatic rings. The monoisotopic (exact) mass is 328 g/mol. The number of aromatic nitrogens is 1. The highest BCUT2D eigenvalue weighted by molar-refractivity contribution is 9.10. The van der Waals surface area contributed by atoms with Crippen molar-refractivity contribution in [1.82, 2.24) is 4.98 Å². The Morgan fingerprint density at radius 1 is 1.37 bits per heavy atom. The molecule has 19 heavy (non-hydrogen) atoms. The molecule has 0 radical (unpaired) electrons. The third-order valence-corrected chi connectivity index (χ3v) is 4.12. The standard InChI is InChI=1S/C12H13BrN2O4/c1-12(2)7(8(12)11(18)19)10(17)15-6-4-14-3-5(13)9(6)16/h3-4,7-8H,1-2H3,(H,14,16)(H,15,17)(H,18,19)/t7-,8+/m1/s1. The number of carbonyl (C=O) groups excluding carboxylic acids is 1. The number of nitrogens with one attached hydrogen (secondary N) is 2. The Labute approximate surface area is 117 Å². The van der Waals surface area contributed by atoms with Crippen molar-refractivity contribution >= 4 is 33.5 Å². The number of H-pyrrole nitrogens is 1. The smallest absolute Gasteiger partial charge is 0.307 e. The lowest BCUT2D eigenvalue weighted by atomic mass is 10.1. The summed E-state index contributed by atoms with van der Waals surface area (Å²) in [4.78, 5) is 37.5. The van der Waals surface area contributed by atoms with Gasteiger partial charge in [0.25, 0.3) is 0 Å². The Morgan fingerprint density at radius 2 is 2.00 bits per heavy atom. The Hall–Kier alpha value is -1.63. The second-order valence-corrected chi connectivity index (χ2v) is 6.00. The molecule has 0 spiro atoms. The second-order valence-electron chi connectivity index (χ2n) is 5.15. The fraction of sp³-hybridized carbons (Fsp3) is 0.417. The van der Waals surface area contributed by atoms with Crippen molar-refractivity contribution in [2.75, 3.05) is 5.32 Å². The Bertz CT molecular complexity index is 608. The van der Waals surface area contributed by atoms with Crippen molar-refractivity contribution in [2.24, 2.45) is 17.3 Å². The van der Waals surface area contributed by atoms with Crippen LogP contribution in [-0.4, -0.2) is 22.0 Å². The molecule has 6 nitrogen and oxygen atoms in total. The Balaban J connectivity index is 2.18. The highest BCUT2D eigenvalue weighted by Crippen LogP contribution is 2.58. The number of hydrogen-bond acceptors (Lipinski definition) is 3. The molecule has 1 fully saturated rings. The molecule has 1 aromatic rings. The summed E-state index contributed by atoms with van der Waals surface area (Å²) < 4.78 is 0.301. The molecule has 102 valence electrons. The van der Waals surface area contributed by atoms with E-state index in [1.165, 1.54) is 12.4 Å². The van der Waals surface area contributed by atoms with Crippen LogP contribution in [0.15, 0.2) is 21.7 Å². The molecule has 1 aromatic heterocycles. The third kappa shape index (κ3) is 2.30. The number of carboxylic acids is 1. The lowest BCUT2D eigenvalue weighted by Crippen LogP contribution is -2.22. The van der Waals surface area contributed by atoms with Gasteiger partial charge in [-0.25, -0.2) is 0 Å². The largest absolute Gasteiger partial charge is 0.481 e. The van der Waals surface area contributed by atoms with Gasteiger partial charge in [0.1, 0.15) is 5.69 Å². The number of hydrogen-bond donors (Lipinski definition) is 3. The molecule has 2 rings (SSSR count). The van der Waals surface area contributed by atoms with Crippen LogP contribution < -0.4 is 10.7 Å².